The number of anilines is 1. The highest BCUT2D eigenvalue weighted by atomic mass is 35.5. The number of hydrogen-bond donors (Lipinski definition) is 1. The average molecular weight is 422 g/mol. The quantitative estimate of drug-likeness (QED) is 0.499. The molecule has 0 aliphatic rings. The van der Waals surface area contributed by atoms with Crippen LogP contribution in [0.5, 0.6) is 5.75 Å². The molecule has 0 unspecified atom stereocenters. The molecule has 10 heteroatoms. The Morgan fingerprint density at radius 3 is 2.63 bits per heavy atom. The summed E-state index contributed by atoms with van der Waals surface area (Å²) in [6.07, 6.45) is -8.67. The molecule has 142 valence electrons. The van der Waals surface area contributed by atoms with Crippen LogP contribution in [0.15, 0.2) is 42.5 Å². The largest absolute Gasteiger partial charge is 0.461 e. The number of benzene rings is 2. The Kier molecular flexibility index (Phi) is 5.25. The van der Waals surface area contributed by atoms with Gasteiger partial charge < -0.3 is 10.1 Å². The lowest BCUT2D eigenvalue weighted by Crippen LogP contribution is -2.33. The molecule has 0 radical (unpaired) electrons. The smallest absolute Gasteiger partial charge is 0.428 e. The van der Waals surface area contributed by atoms with Gasteiger partial charge in [0.05, 0.1) is 5.02 Å². The molecule has 3 aromatic rings. The van der Waals surface area contributed by atoms with Crippen molar-refractivity contribution in [2.45, 2.75) is 12.5 Å². The third kappa shape index (κ3) is 4.14. The number of halogens is 6. The topological polar surface area (TPSA) is 38.3 Å². The molecule has 0 spiro atoms. The molecule has 0 atom stereocenters. The van der Waals surface area contributed by atoms with Crippen molar-refractivity contribution in [2.24, 2.45) is 0 Å². The van der Waals surface area contributed by atoms with Gasteiger partial charge in [0.15, 0.2) is 0 Å². The molecule has 0 aliphatic carbocycles. The number of ether oxygens (including phenoxy) is 1. The lowest BCUT2D eigenvalue weighted by molar-refractivity contribution is -0.253. The van der Waals surface area contributed by atoms with Gasteiger partial charge in [-0.3, -0.25) is 4.79 Å². The van der Waals surface area contributed by atoms with E-state index in [2.05, 4.69) is 10.1 Å². The van der Waals surface area contributed by atoms with E-state index < -0.39 is 30.0 Å². The number of fused-ring (bicyclic) bond motifs is 1. The van der Waals surface area contributed by atoms with E-state index in [4.69, 9.17) is 11.6 Å². The Morgan fingerprint density at radius 1 is 1.19 bits per heavy atom. The zero-order valence-electron chi connectivity index (χ0n) is 13.1. The molecule has 0 aliphatic heterocycles. The Balaban J connectivity index is 1.82. The van der Waals surface area contributed by atoms with E-state index in [0.29, 0.717) is 10.1 Å². The summed E-state index contributed by atoms with van der Waals surface area (Å²) in [5.74, 6) is -1.71. The molecule has 0 fully saturated rings. The maximum Gasteiger partial charge on any atom is 0.461 e. The van der Waals surface area contributed by atoms with E-state index in [1.165, 1.54) is 30.3 Å². The van der Waals surface area contributed by atoms with Gasteiger partial charge in [0.2, 0.25) is 0 Å². The number of carbonyl (C=O) groups excluding carboxylic acids is 1. The fraction of sp³-hybridized carbons (Fsp3) is 0.118. The molecule has 1 heterocycles. The number of amides is 1. The van der Waals surface area contributed by atoms with Crippen molar-refractivity contribution >= 4 is 44.6 Å². The van der Waals surface area contributed by atoms with E-state index in [-0.39, 0.29) is 15.6 Å². The van der Waals surface area contributed by atoms with Gasteiger partial charge in [-0.25, -0.2) is 4.39 Å². The molecule has 2 aromatic carbocycles. The van der Waals surface area contributed by atoms with Gasteiger partial charge in [-0.2, -0.15) is 17.6 Å². The number of carbonyl (C=O) groups is 1. The average Bonchev–Trinajstić information content (AvgIpc) is 2.90. The third-order valence-electron chi connectivity index (χ3n) is 3.40. The molecule has 0 bridgehead atoms. The summed E-state index contributed by atoms with van der Waals surface area (Å²) in [5.41, 5.74) is 0.0299. The summed E-state index contributed by atoms with van der Waals surface area (Å²) in [7, 11) is 0. The van der Waals surface area contributed by atoms with Crippen molar-refractivity contribution in [2.75, 3.05) is 5.32 Å². The second-order valence-electron chi connectivity index (χ2n) is 5.33. The van der Waals surface area contributed by atoms with E-state index in [0.717, 1.165) is 23.5 Å². The molecular weight excluding hydrogens is 413 g/mol. The molecule has 0 saturated carbocycles. The number of nitrogens with one attached hydrogen (secondary N) is 1. The molecule has 27 heavy (non-hydrogen) atoms. The second-order valence-corrected chi connectivity index (χ2v) is 6.76. The Bertz CT molecular complexity index is 1010. The molecule has 1 amide bonds. The van der Waals surface area contributed by atoms with Gasteiger partial charge in [0.1, 0.15) is 16.4 Å². The fourth-order valence-corrected chi connectivity index (χ4v) is 3.65. The van der Waals surface area contributed by atoms with Crippen molar-refractivity contribution in [1.82, 2.24) is 0 Å². The van der Waals surface area contributed by atoms with E-state index >= 15 is 0 Å². The zero-order valence-corrected chi connectivity index (χ0v) is 14.7. The lowest BCUT2D eigenvalue weighted by atomic mass is 10.2. The maximum absolute atomic E-state index is 13.3. The van der Waals surface area contributed by atoms with Crippen molar-refractivity contribution in [3.63, 3.8) is 0 Å². The minimum atomic E-state index is -4.67. The van der Waals surface area contributed by atoms with Gasteiger partial charge in [0, 0.05) is 21.8 Å². The summed E-state index contributed by atoms with van der Waals surface area (Å²) >= 11 is 7.09. The Labute approximate surface area is 158 Å². The van der Waals surface area contributed by atoms with Crippen LogP contribution in [0.2, 0.25) is 5.02 Å². The first kappa shape index (κ1) is 19.4. The van der Waals surface area contributed by atoms with Crippen LogP contribution >= 0.6 is 22.9 Å². The van der Waals surface area contributed by atoms with Crippen molar-refractivity contribution in [3.05, 3.63) is 58.2 Å². The first-order chi connectivity index (χ1) is 12.7. The van der Waals surface area contributed by atoms with Crippen LogP contribution in [0.3, 0.4) is 0 Å². The highest BCUT2D eigenvalue weighted by Crippen LogP contribution is 2.36. The van der Waals surface area contributed by atoms with Gasteiger partial charge in [-0.1, -0.05) is 17.7 Å². The van der Waals surface area contributed by atoms with Crippen LogP contribution in [0.4, 0.5) is 27.6 Å². The molecule has 3 rings (SSSR count). The van der Waals surface area contributed by atoms with Crippen LogP contribution in [0, 0.1) is 5.82 Å². The van der Waals surface area contributed by atoms with Gasteiger partial charge in [-0.05, 0) is 30.3 Å². The van der Waals surface area contributed by atoms with Crippen molar-refractivity contribution < 1.29 is 31.5 Å². The number of alkyl halides is 4. The van der Waals surface area contributed by atoms with Gasteiger partial charge in [-0.15, -0.1) is 11.3 Å². The lowest BCUT2D eigenvalue weighted by Gasteiger charge is -2.17. The van der Waals surface area contributed by atoms with Crippen LogP contribution in [-0.2, 0) is 0 Å². The first-order valence-corrected chi connectivity index (χ1v) is 8.51. The highest BCUT2D eigenvalue weighted by molar-refractivity contribution is 7.21. The summed E-state index contributed by atoms with van der Waals surface area (Å²) in [5, 5.41) is 3.01. The van der Waals surface area contributed by atoms with Crippen LogP contribution in [0.1, 0.15) is 9.67 Å². The summed E-state index contributed by atoms with van der Waals surface area (Å²) in [4.78, 5) is 12.5. The SMILES string of the molecule is O=C(Nc1cccc(OC(F)(F)C(F)F)c1)c1sc2cc(F)ccc2c1Cl. The fourth-order valence-electron chi connectivity index (χ4n) is 2.21. The van der Waals surface area contributed by atoms with E-state index in [1.54, 1.807) is 0 Å². The molecule has 3 nitrogen and oxygen atoms in total. The predicted octanol–water partition coefficient (Wildman–Crippen LogP) is 6.18. The summed E-state index contributed by atoms with van der Waals surface area (Å²) in [6, 6.07) is 8.47. The monoisotopic (exact) mass is 421 g/mol. The minimum absolute atomic E-state index is 0.0299. The molecular formula is C17H9ClF5NO2S. The normalized spacial score (nSPS) is 11.8. The third-order valence-corrected chi connectivity index (χ3v) is 5.05. The highest BCUT2D eigenvalue weighted by Gasteiger charge is 2.44. The van der Waals surface area contributed by atoms with Crippen LogP contribution in [0.25, 0.3) is 10.1 Å². The van der Waals surface area contributed by atoms with E-state index in [9.17, 15) is 26.7 Å². The van der Waals surface area contributed by atoms with Gasteiger partial charge in [0.25, 0.3) is 5.91 Å². The molecule has 1 aromatic heterocycles. The number of rotatable bonds is 5. The maximum atomic E-state index is 13.3. The van der Waals surface area contributed by atoms with Gasteiger partial charge >= 0.3 is 12.5 Å². The molecule has 0 saturated heterocycles. The Hall–Kier alpha value is -2.39. The second kappa shape index (κ2) is 7.32. The molecule has 1 N–H and O–H groups in total. The van der Waals surface area contributed by atoms with E-state index in [1.807, 2.05) is 0 Å². The van der Waals surface area contributed by atoms with Crippen LogP contribution < -0.4 is 10.1 Å². The Morgan fingerprint density at radius 2 is 1.93 bits per heavy atom. The first-order valence-electron chi connectivity index (χ1n) is 7.31. The standard InChI is InChI=1S/C17H9ClF5NO2S/c18-13-11-5-4-8(19)6-12(11)27-14(13)15(25)24-9-2-1-3-10(7-9)26-17(22,23)16(20)21/h1-7,16H,(H,24,25). The number of thiophene rings is 1. The predicted molar refractivity (Wildman–Crippen MR) is 92.8 cm³/mol. The minimum Gasteiger partial charge on any atom is -0.428 e. The van der Waals surface area contributed by atoms with Crippen molar-refractivity contribution in [3.8, 4) is 5.75 Å². The van der Waals surface area contributed by atoms with Crippen molar-refractivity contribution in [1.29, 1.82) is 0 Å². The zero-order chi connectivity index (χ0) is 19.8. The van der Waals surface area contributed by atoms with Crippen LogP contribution in [-0.4, -0.2) is 18.4 Å². The summed E-state index contributed by atoms with van der Waals surface area (Å²) < 4.78 is 68.1. The summed E-state index contributed by atoms with van der Waals surface area (Å²) in [6.45, 7) is 0. The number of hydrogen-bond acceptors (Lipinski definition) is 3.